The number of sulfone groups is 1. The standard InChI is InChI=1S/C19H23ClN4O3S/c1-11(2)10-28(26,27)17-6-7-21-19(24-17)22-12(3)15-9-13-8-14(20)4-5-16(13)23-18(15)25/h4-9,11-12,18,23,25H,10H2,1-3H3,(H,21,22,24)/t12-,18?/m0/s1. The van der Waals surface area contributed by atoms with Gasteiger partial charge in [0, 0.05) is 22.5 Å². The number of aliphatic hydroxyl groups excluding tert-OH is 1. The number of fused-ring (bicyclic) bond motifs is 1. The summed E-state index contributed by atoms with van der Waals surface area (Å²) in [5.74, 6) is 0.197. The van der Waals surface area contributed by atoms with Crippen LogP contribution in [-0.4, -0.2) is 41.5 Å². The van der Waals surface area contributed by atoms with Gasteiger partial charge in [0.25, 0.3) is 0 Å². The summed E-state index contributed by atoms with van der Waals surface area (Å²) in [6, 6.07) is 6.40. The number of rotatable bonds is 6. The van der Waals surface area contributed by atoms with Gasteiger partial charge in [-0.15, -0.1) is 0 Å². The molecular weight excluding hydrogens is 400 g/mol. The van der Waals surface area contributed by atoms with Crippen molar-refractivity contribution in [3.8, 4) is 0 Å². The maximum Gasteiger partial charge on any atom is 0.224 e. The summed E-state index contributed by atoms with van der Waals surface area (Å²) in [4.78, 5) is 8.27. The van der Waals surface area contributed by atoms with Gasteiger partial charge < -0.3 is 15.7 Å². The lowest BCUT2D eigenvalue weighted by Gasteiger charge is -2.28. The van der Waals surface area contributed by atoms with Gasteiger partial charge in [-0.2, -0.15) is 0 Å². The first kappa shape index (κ1) is 20.6. The molecule has 1 unspecified atom stereocenters. The van der Waals surface area contributed by atoms with Crippen molar-refractivity contribution in [2.75, 3.05) is 16.4 Å². The van der Waals surface area contributed by atoms with Gasteiger partial charge in [-0.1, -0.05) is 25.4 Å². The molecule has 0 aliphatic carbocycles. The van der Waals surface area contributed by atoms with Gasteiger partial charge in [0.1, 0.15) is 6.23 Å². The molecule has 1 aliphatic heterocycles. The van der Waals surface area contributed by atoms with Crippen molar-refractivity contribution >= 4 is 39.1 Å². The minimum Gasteiger partial charge on any atom is -0.370 e. The summed E-state index contributed by atoms with van der Waals surface area (Å²) < 4.78 is 24.8. The molecular formula is C19H23ClN4O3S. The van der Waals surface area contributed by atoms with Crippen molar-refractivity contribution in [2.45, 2.75) is 38.1 Å². The minimum atomic E-state index is -3.48. The predicted molar refractivity (Wildman–Crippen MR) is 111 cm³/mol. The molecule has 0 saturated heterocycles. The molecule has 3 rings (SSSR count). The van der Waals surface area contributed by atoms with E-state index in [9.17, 15) is 13.5 Å². The van der Waals surface area contributed by atoms with Crippen molar-refractivity contribution in [1.29, 1.82) is 0 Å². The van der Waals surface area contributed by atoms with Crippen LogP contribution in [0.3, 0.4) is 0 Å². The Morgan fingerprint density at radius 1 is 1.29 bits per heavy atom. The molecule has 1 aromatic heterocycles. The van der Waals surface area contributed by atoms with Crippen LogP contribution in [0.25, 0.3) is 6.08 Å². The minimum absolute atomic E-state index is 0.00388. The molecule has 0 spiro atoms. The highest BCUT2D eigenvalue weighted by Crippen LogP contribution is 2.30. The summed E-state index contributed by atoms with van der Waals surface area (Å²) >= 11 is 6.05. The van der Waals surface area contributed by atoms with Gasteiger partial charge in [0.2, 0.25) is 5.95 Å². The van der Waals surface area contributed by atoms with Crippen molar-refractivity contribution in [3.63, 3.8) is 0 Å². The van der Waals surface area contributed by atoms with Gasteiger partial charge in [0.05, 0.1) is 11.8 Å². The number of hydrogen-bond donors (Lipinski definition) is 3. The Bertz CT molecular complexity index is 1010. The first-order chi connectivity index (χ1) is 13.2. The molecule has 150 valence electrons. The lowest BCUT2D eigenvalue weighted by molar-refractivity contribution is 0.234. The molecule has 3 N–H and O–H groups in total. The lowest BCUT2D eigenvalue weighted by atomic mass is 9.98. The van der Waals surface area contributed by atoms with E-state index in [1.807, 2.05) is 26.8 Å². The van der Waals surface area contributed by atoms with Crippen LogP contribution >= 0.6 is 11.6 Å². The van der Waals surface area contributed by atoms with E-state index >= 15 is 0 Å². The van der Waals surface area contributed by atoms with E-state index < -0.39 is 16.1 Å². The second kappa shape index (κ2) is 8.06. The highest BCUT2D eigenvalue weighted by molar-refractivity contribution is 7.91. The van der Waals surface area contributed by atoms with Crippen LogP contribution in [0.5, 0.6) is 0 Å². The normalized spacial score (nSPS) is 17.5. The van der Waals surface area contributed by atoms with Crippen LogP contribution in [0.2, 0.25) is 5.02 Å². The Balaban J connectivity index is 1.83. The second-order valence-electron chi connectivity index (χ2n) is 7.18. The summed E-state index contributed by atoms with van der Waals surface area (Å²) in [7, 11) is -3.48. The number of hydrogen-bond acceptors (Lipinski definition) is 7. The molecule has 2 aromatic rings. The van der Waals surface area contributed by atoms with E-state index in [4.69, 9.17) is 11.6 Å². The van der Waals surface area contributed by atoms with Gasteiger partial charge in [-0.25, -0.2) is 18.4 Å². The number of benzene rings is 1. The van der Waals surface area contributed by atoms with E-state index in [1.54, 1.807) is 18.2 Å². The van der Waals surface area contributed by atoms with Crippen LogP contribution in [0, 0.1) is 5.92 Å². The Labute approximate surface area is 169 Å². The largest absolute Gasteiger partial charge is 0.370 e. The zero-order valence-electron chi connectivity index (χ0n) is 15.8. The summed E-state index contributed by atoms with van der Waals surface area (Å²) in [5.41, 5.74) is 2.30. The van der Waals surface area contributed by atoms with E-state index in [-0.39, 0.29) is 28.7 Å². The molecule has 0 amide bonds. The number of nitrogens with one attached hydrogen (secondary N) is 2. The molecule has 0 bridgehead atoms. The van der Waals surface area contributed by atoms with E-state index in [1.165, 1.54) is 12.3 Å². The third kappa shape index (κ3) is 4.63. The topological polar surface area (TPSA) is 104 Å². The molecule has 0 fully saturated rings. The fraction of sp³-hybridized carbons (Fsp3) is 0.368. The van der Waals surface area contributed by atoms with Gasteiger partial charge in [0.15, 0.2) is 14.9 Å². The van der Waals surface area contributed by atoms with Gasteiger partial charge in [-0.05, 0) is 48.7 Å². The average Bonchev–Trinajstić information content (AvgIpc) is 2.60. The number of aliphatic hydroxyl groups is 1. The first-order valence-electron chi connectivity index (χ1n) is 8.93. The van der Waals surface area contributed by atoms with Gasteiger partial charge in [-0.3, -0.25) is 0 Å². The third-order valence-electron chi connectivity index (χ3n) is 4.29. The quantitative estimate of drug-likeness (QED) is 0.614. The Kier molecular flexibility index (Phi) is 5.92. The first-order valence-corrected chi connectivity index (χ1v) is 11.0. The molecule has 28 heavy (non-hydrogen) atoms. The smallest absolute Gasteiger partial charge is 0.224 e. The van der Waals surface area contributed by atoms with Crippen LogP contribution in [-0.2, 0) is 9.84 Å². The number of anilines is 2. The van der Waals surface area contributed by atoms with E-state index in [0.717, 1.165) is 11.3 Å². The number of nitrogens with zero attached hydrogens (tertiary/aromatic N) is 2. The summed E-state index contributed by atoms with van der Waals surface area (Å²) in [6.45, 7) is 5.52. The van der Waals surface area contributed by atoms with Crippen molar-refractivity contribution in [1.82, 2.24) is 9.97 Å². The number of aromatic nitrogens is 2. The maximum atomic E-state index is 12.4. The molecule has 7 nitrogen and oxygen atoms in total. The Morgan fingerprint density at radius 2 is 2.04 bits per heavy atom. The Morgan fingerprint density at radius 3 is 2.75 bits per heavy atom. The summed E-state index contributed by atoms with van der Waals surface area (Å²) in [6.07, 6.45) is 2.36. The fourth-order valence-corrected chi connectivity index (χ4v) is 4.74. The number of halogens is 1. The van der Waals surface area contributed by atoms with Crippen LogP contribution < -0.4 is 10.6 Å². The lowest BCUT2D eigenvalue weighted by Crippen LogP contribution is -2.34. The van der Waals surface area contributed by atoms with Crippen LogP contribution in [0.4, 0.5) is 11.6 Å². The van der Waals surface area contributed by atoms with E-state index in [0.29, 0.717) is 10.6 Å². The van der Waals surface area contributed by atoms with Crippen molar-refractivity contribution < 1.29 is 13.5 Å². The zero-order valence-corrected chi connectivity index (χ0v) is 17.4. The SMILES string of the molecule is CC(C)CS(=O)(=O)c1ccnc(N[C@@H](C)C2=Cc3cc(Cl)ccc3NC2O)n1. The third-order valence-corrected chi connectivity index (χ3v) is 6.50. The van der Waals surface area contributed by atoms with Crippen LogP contribution in [0.1, 0.15) is 26.3 Å². The van der Waals surface area contributed by atoms with Crippen molar-refractivity contribution in [2.24, 2.45) is 5.92 Å². The monoisotopic (exact) mass is 422 g/mol. The predicted octanol–water partition coefficient (Wildman–Crippen LogP) is 3.19. The highest BCUT2D eigenvalue weighted by atomic mass is 35.5. The highest BCUT2D eigenvalue weighted by Gasteiger charge is 2.24. The summed E-state index contributed by atoms with van der Waals surface area (Å²) in [5, 5.41) is 17.1. The Hall–Kier alpha value is -2.16. The molecule has 2 heterocycles. The second-order valence-corrected chi connectivity index (χ2v) is 9.60. The molecule has 0 saturated carbocycles. The molecule has 9 heteroatoms. The zero-order chi connectivity index (χ0) is 20.5. The maximum absolute atomic E-state index is 12.4. The van der Waals surface area contributed by atoms with Gasteiger partial charge >= 0.3 is 0 Å². The van der Waals surface area contributed by atoms with E-state index in [2.05, 4.69) is 20.6 Å². The molecule has 2 atom stereocenters. The molecule has 0 radical (unpaired) electrons. The average molecular weight is 423 g/mol. The fourth-order valence-electron chi connectivity index (χ4n) is 3.02. The van der Waals surface area contributed by atoms with Crippen LogP contribution in [0.15, 0.2) is 41.1 Å². The molecule has 1 aromatic carbocycles. The van der Waals surface area contributed by atoms with Crippen molar-refractivity contribution in [3.05, 3.63) is 46.6 Å². The molecule has 1 aliphatic rings.